The third kappa shape index (κ3) is 2.78. The Morgan fingerprint density at radius 2 is 1.65 bits per heavy atom. The molecule has 2 heteroatoms. The van der Waals surface area contributed by atoms with Gasteiger partial charge in [-0.2, -0.15) is 0 Å². The number of methoxy groups -OCH3 is 1. The van der Waals surface area contributed by atoms with E-state index in [1.807, 2.05) is 37.3 Å². The topological polar surface area (TPSA) is 18.5 Å². The Hall–Kier alpha value is -1.96. The third-order valence-corrected chi connectivity index (χ3v) is 2.61. The fraction of sp³-hybridized carbons (Fsp3) is 0.200. The van der Waals surface area contributed by atoms with Gasteiger partial charge in [-0.25, -0.2) is 0 Å². The van der Waals surface area contributed by atoms with Crippen molar-refractivity contribution in [2.24, 2.45) is 0 Å². The summed E-state index contributed by atoms with van der Waals surface area (Å²) >= 11 is 0. The number of ether oxygens (including phenoxy) is 2. The van der Waals surface area contributed by atoms with Gasteiger partial charge < -0.3 is 9.47 Å². The van der Waals surface area contributed by atoms with E-state index in [1.165, 1.54) is 5.56 Å². The smallest absolute Gasteiger partial charge is 0.131 e. The Balaban J connectivity index is 2.27. The zero-order valence-corrected chi connectivity index (χ0v) is 10.4. The molecule has 17 heavy (non-hydrogen) atoms. The minimum Gasteiger partial charge on any atom is -0.497 e. The SMILES string of the molecule is COc1cccc(Oc2cc(C)ccc2C)c1. The van der Waals surface area contributed by atoms with Crippen molar-refractivity contribution in [1.29, 1.82) is 0 Å². The van der Waals surface area contributed by atoms with Crippen LogP contribution in [0.3, 0.4) is 0 Å². The summed E-state index contributed by atoms with van der Waals surface area (Å²) in [6.45, 7) is 4.09. The van der Waals surface area contributed by atoms with E-state index in [0.29, 0.717) is 0 Å². The third-order valence-electron chi connectivity index (χ3n) is 2.61. The average molecular weight is 228 g/mol. The molecule has 0 amide bonds. The first-order chi connectivity index (χ1) is 8.19. The van der Waals surface area contributed by atoms with Crippen LogP contribution in [0.4, 0.5) is 0 Å². The summed E-state index contributed by atoms with van der Waals surface area (Å²) in [5.41, 5.74) is 2.31. The van der Waals surface area contributed by atoms with E-state index in [1.54, 1.807) is 7.11 Å². The lowest BCUT2D eigenvalue weighted by molar-refractivity contribution is 0.409. The molecule has 0 aliphatic rings. The maximum atomic E-state index is 5.85. The van der Waals surface area contributed by atoms with Crippen molar-refractivity contribution >= 4 is 0 Å². The standard InChI is InChI=1S/C15H16O2/c1-11-7-8-12(2)15(9-11)17-14-6-4-5-13(10-14)16-3/h4-10H,1-3H3. The molecule has 0 heterocycles. The second-order valence-electron chi connectivity index (χ2n) is 4.05. The molecule has 0 spiro atoms. The van der Waals surface area contributed by atoms with Gasteiger partial charge in [0.15, 0.2) is 0 Å². The molecule has 2 rings (SSSR count). The number of rotatable bonds is 3. The second-order valence-corrected chi connectivity index (χ2v) is 4.05. The average Bonchev–Trinajstić information content (AvgIpc) is 2.34. The van der Waals surface area contributed by atoms with E-state index in [2.05, 4.69) is 19.1 Å². The highest BCUT2D eigenvalue weighted by atomic mass is 16.5. The van der Waals surface area contributed by atoms with Crippen molar-refractivity contribution < 1.29 is 9.47 Å². The van der Waals surface area contributed by atoms with E-state index in [4.69, 9.17) is 9.47 Å². The summed E-state index contributed by atoms with van der Waals surface area (Å²) in [4.78, 5) is 0. The number of hydrogen-bond donors (Lipinski definition) is 0. The van der Waals surface area contributed by atoms with Crippen molar-refractivity contribution in [2.75, 3.05) is 7.11 Å². The molecule has 0 aliphatic carbocycles. The summed E-state index contributed by atoms with van der Waals surface area (Å²) in [5, 5.41) is 0. The fourth-order valence-electron chi connectivity index (χ4n) is 1.61. The van der Waals surface area contributed by atoms with Crippen LogP contribution in [-0.2, 0) is 0 Å². The molecule has 2 aromatic rings. The van der Waals surface area contributed by atoms with Crippen LogP contribution in [0.1, 0.15) is 11.1 Å². The molecule has 0 atom stereocenters. The van der Waals surface area contributed by atoms with E-state index in [-0.39, 0.29) is 0 Å². The van der Waals surface area contributed by atoms with E-state index >= 15 is 0 Å². The summed E-state index contributed by atoms with van der Waals surface area (Å²) in [7, 11) is 1.65. The van der Waals surface area contributed by atoms with Crippen LogP contribution < -0.4 is 9.47 Å². The first-order valence-electron chi connectivity index (χ1n) is 5.58. The predicted molar refractivity (Wildman–Crippen MR) is 69.0 cm³/mol. The summed E-state index contributed by atoms with van der Waals surface area (Å²) in [6, 6.07) is 13.8. The highest BCUT2D eigenvalue weighted by molar-refractivity contribution is 5.41. The highest BCUT2D eigenvalue weighted by Crippen LogP contribution is 2.28. The zero-order chi connectivity index (χ0) is 12.3. The monoisotopic (exact) mass is 228 g/mol. The van der Waals surface area contributed by atoms with Crippen LogP contribution in [0.2, 0.25) is 0 Å². The Kier molecular flexibility index (Phi) is 3.33. The Morgan fingerprint density at radius 3 is 2.41 bits per heavy atom. The van der Waals surface area contributed by atoms with Gasteiger partial charge in [0, 0.05) is 6.07 Å². The normalized spacial score (nSPS) is 10.1. The van der Waals surface area contributed by atoms with Gasteiger partial charge in [-0.1, -0.05) is 18.2 Å². The first-order valence-corrected chi connectivity index (χ1v) is 5.58. The summed E-state index contributed by atoms with van der Waals surface area (Å²) < 4.78 is 11.0. The highest BCUT2D eigenvalue weighted by Gasteiger charge is 2.02. The zero-order valence-electron chi connectivity index (χ0n) is 10.4. The summed E-state index contributed by atoms with van der Waals surface area (Å²) in [5.74, 6) is 2.48. The Bertz CT molecular complexity index is 518. The molecule has 0 N–H and O–H groups in total. The van der Waals surface area contributed by atoms with E-state index in [0.717, 1.165) is 22.8 Å². The van der Waals surface area contributed by atoms with Gasteiger partial charge in [-0.3, -0.25) is 0 Å². The van der Waals surface area contributed by atoms with Gasteiger partial charge in [0.05, 0.1) is 7.11 Å². The van der Waals surface area contributed by atoms with Crippen LogP contribution in [0.5, 0.6) is 17.2 Å². The summed E-state index contributed by atoms with van der Waals surface area (Å²) in [6.07, 6.45) is 0. The molecular weight excluding hydrogens is 212 g/mol. The largest absolute Gasteiger partial charge is 0.497 e. The molecule has 0 saturated heterocycles. The maximum absolute atomic E-state index is 5.85. The van der Waals surface area contributed by atoms with Crippen LogP contribution in [-0.4, -0.2) is 7.11 Å². The minimum absolute atomic E-state index is 0.790. The van der Waals surface area contributed by atoms with E-state index < -0.39 is 0 Å². The van der Waals surface area contributed by atoms with Crippen molar-refractivity contribution in [1.82, 2.24) is 0 Å². The minimum atomic E-state index is 0.790. The number of benzene rings is 2. The van der Waals surface area contributed by atoms with Gasteiger partial charge in [-0.05, 0) is 43.2 Å². The molecule has 0 bridgehead atoms. The maximum Gasteiger partial charge on any atom is 0.131 e. The number of aryl methyl sites for hydroxylation is 2. The van der Waals surface area contributed by atoms with E-state index in [9.17, 15) is 0 Å². The van der Waals surface area contributed by atoms with Crippen LogP contribution >= 0.6 is 0 Å². The molecule has 2 aromatic carbocycles. The van der Waals surface area contributed by atoms with Crippen LogP contribution in [0.15, 0.2) is 42.5 Å². The fourth-order valence-corrected chi connectivity index (χ4v) is 1.61. The quantitative estimate of drug-likeness (QED) is 0.787. The lowest BCUT2D eigenvalue weighted by Crippen LogP contribution is -1.89. The molecule has 88 valence electrons. The molecular formula is C15H16O2. The Morgan fingerprint density at radius 1 is 0.882 bits per heavy atom. The van der Waals surface area contributed by atoms with Crippen molar-refractivity contribution in [3.63, 3.8) is 0 Å². The number of hydrogen-bond acceptors (Lipinski definition) is 2. The van der Waals surface area contributed by atoms with Crippen molar-refractivity contribution in [3.8, 4) is 17.2 Å². The van der Waals surface area contributed by atoms with Crippen molar-refractivity contribution in [3.05, 3.63) is 53.6 Å². The lowest BCUT2D eigenvalue weighted by Gasteiger charge is -2.10. The van der Waals surface area contributed by atoms with Gasteiger partial charge in [-0.15, -0.1) is 0 Å². The molecule has 0 saturated carbocycles. The van der Waals surface area contributed by atoms with Gasteiger partial charge in [0.1, 0.15) is 17.2 Å². The van der Waals surface area contributed by atoms with Crippen LogP contribution in [0, 0.1) is 13.8 Å². The second kappa shape index (κ2) is 4.91. The molecule has 0 unspecified atom stereocenters. The molecule has 0 fully saturated rings. The molecule has 0 aliphatic heterocycles. The Labute approximate surface area is 102 Å². The van der Waals surface area contributed by atoms with Gasteiger partial charge >= 0.3 is 0 Å². The molecule has 0 aromatic heterocycles. The van der Waals surface area contributed by atoms with Gasteiger partial charge in [0.2, 0.25) is 0 Å². The van der Waals surface area contributed by atoms with Crippen LogP contribution in [0.25, 0.3) is 0 Å². The molecule has 0 radical (unpaired) electrons. The lowest BCUT2D eigenvalue weighted by atomic mass is 10.1. The van der Waals surface area contributed by atoms with Gasteiger partial charge in [0.25, 0.3) is 0 Å². The predicted octanol–water partition coefficient (Wildman–Crippen LogP) is 4.10. The molecule has 2 nitrogen and oxygen atoms in total. The first kappa shape index (κ1) is 11.5. The van der Waals surface area contributed by atoms with Crippen molar-refractivity contribution in [2.45, 2.75) is 13.8 Å².